The van der Waals surface area contributed by atoms with E-state index < -0.39 is 6.04 Å². The molecule has 1 saturated heterocycles. The van der Waals surface area contributed by atoms with Gasteiger partial charge in [-0.15, -0.1) is 11.3 Å². The number of nitrogens with two attached hydrogens (primary N) is 1. The van der Waals surface area contributed by atoms with E-state index in [9.17, 15) is 4.79 Å². The second-order valence-corrected chi connectivity index (χ2v) is 7.42. The van der Waals surface area contributed by atoms with Crippen LogP contribution >= 0.6 is 27.3 Å². The molecule has 106 valence electrons. The van der Waals surface area contributed by atoms with E-state index in [2.05, 4.69) is 15.9 Å². The summed E-state index contributed by atoms with van der Waals surface area (Å²) in [6.07, 6.45) is 1.76. The molecule has 4 nitrogen and oxygen atoms in total. The molecule has 0 saturated carbocycles. The zero-order valence-corrected chi connectivity index (χ0v) is 13.4. The van der Waals surface area contributed by atoms with Crippen LogP contribution in [0.2, 0.25) is 0 Å². The van der Waals surface area contributed by atoms with Crippen LogP contribution in [0.5, 0.6) is 0 Å². The first-order chi connectivity index (χ1) is 9.08. The molecule has 1 amide bonds. The zero-order chi connectivity index (χ0) is 13.8. The number of thiophene rings is 1. The zero-order valence-electron chi connectivity index (χ0n) is 11.0. The molecule has 0 spiro atoms. The lowest BCUT2D eigenvalue weighted by Gasteiger charge is -2.29. The van der Waals surface area contributed by atoms with Crippen molar-refractivity contribution in [2.45, 2.75) is 25.4 Å². The third-order valence-electron chi connectivity index (χ3n) is 3.46. The number of hydrogen-bond acceptors (Lipinski definition) is 4. The number of carbonyl (C=O) groups excluding carboxylic acids is 1. The lowest BCUT2D eigenvalue weighted by Crippen LogP contribution is -2.47. The minimum atomic E-state index is -0.405. The monoisotopic (exact) mass is 346 g/mol. The van der Waals surface area contributed by atoms with E-state index >= 15 is 0 Å². The summed E-state index contributed by atoms with van der Waals surface area (Å²) < 4.78 is 6.39. The van der Waals surface area contributed by atoms with Gasteiger partial charge >= 0.3 is 0 Å². The molecule has 0 bridgehead atoms. The van der Waals surface area contributed by atoms with Gasteiger partial charge in [-0.05, 0) is 46.8 Å². The van der Waals surface area contributed by atoms with Crippen LogP contribution in [-0.4, -0.2) is 37.1 Å². The van der Waals surface area contributed by atoms with Crippen molar-refractivity contribution in [3.8, 4) is 0 Å². The van der Waals surface area contributed by atoms with Gasteiger partial charge in [0.1, 0.15) is 0 Å². The quantitative estimate of drug-likeness (QED) is 0.909. The minimum absolute atomic E-state index is 0.0245. The lowest BCUT2D eigenvalue weighted by molar-refractivity contribution is -0.133. The molecule has 19 heavy (non-hydrogen) atoms. The maximum Gasteiger partial charge on any atom is 0.239 e. The number of carbonyl (C=O) groups is 1. The van der Waals surface area contributed by atoms with Gasteiger partial charge in [0.2, 0.25) is 5.91 Å². The Kier molecular flexibility index (Phi) is 5.38. The number of likely N-dealkylation sites (N-methyl/N-ethyl adjacent to an activating group) is 1. The predicted octanol–water partition coefficient (Wildman–Crippen LogP) is 2.22. The molecule has 0 aliphatic carbocycles. The van der Waals surface area contributed by atoms with E-state index in [4.69, 9.17) is 10.5 Å². The fraction of sp³-hybridized carbons (Fsp3) is 0.615. The van der Waals surface area contributed by atoms with Crippen LogP contribution in [0, 0.1) is 5.92 Å². The summed E-state index contributed by atoms with van der Waals surface area (Å²) in [4.78, 5) is 15.2. The van der Waals surface area contributed by atoms with Crippen molar-refractivity contribution in [2.75, 3.05) is 20.3 Å². The second kappa shape index (κ2) is 6.83. The van der Waals surface area contributed by atoms with Crippen LogP contribution in [0.3, 0.4) is 0 Å². The number of ether oxygens (including phenoxy) is 1. The first kappa shape index (κ1) is 15.0. The average Bonchev–Trinajstić information content (AvgIpc) is 2.83. The molecular weight excluding hydrogens is 328 g/mol. The van der Waals surface area contributed by atoms with Gasteiger partial charge in [-0.25, -0.2) is 0 Å². The fourth-order valence-electron chi connectivity index (χ4n) is 2.28. The number of halogens is 1. The van der Waals surface area contributed by atoms with E-state index in [1.54, 1.807) is 16.2 Å². The molecule has 1 aliphatic heterocycles. The number of nitrogens with zero attached hydrogens (tertiary/aromatic N) is 1. The van der Waals surface area contributed by atoms with Crippen molar-refractivity contribution >= 4 is 33.2 Å². The highest BCUT2D eigenvalue weighted by atomic mass is 79.9. The number of rotatable bonds is 4. The predicted molar refractivity (Wildman–Crippen MR) is 80.0 cm³/mol. The van der Waals surface area contributed by atoms with Crippen molar-refractivity contribution in [1.29, 1.82) is 0 Å². The Labute approximate surface area is 126 Å². The van der Waals surface area contributed by atoms with Crippen molar-refractivity contribution in [3.05, 3.63) is 20.8 Å². The standard InChI is InChI=1S/C13H19BrN2O2S/c1-16(8-10-2-3-11(14)19-10)13(17)12(15)9-4-6-18-7-5-9/h2-3,9,12H,4-8,15H2,1H3. The summed E-state index contributed by atoms with van der Waals surface area (Å²) in [6.45, 7) is 2.05. The van der Waals surface area contributed by atoms with Crippen LogP contribution in [-0.2, 0) is 16.1 Å². The highest BCUT2D eigenvalue weighted by Gasteiger charge is 2.28. The normalized spacial score (nSPS) is 18.3. The highest BCUT2D eigenvalue weighted by Crippen LogP contribution is 2.24. The third-order valence-corrected chi connectivity index (χ3v) is 5.07. The van der Waals surface area contributed by atoms with Crippen LogP contribution in [0.4, 0.5) is 0 Å². The molecule has 1 aromatic rings. The first-order valence-electron chi connectivity index (χ1n) is 6.40. The Hall–Kier alpha value is -0.430. The number of amides is 1. The molecule has 0 radical (unpaired) electrons. The fourth-order valence-corrected chi connectivity index (χ4v) is 3.82. The molecule has 2 rings (SSSR count). The summed E-state index contributed by atoms with van der Waals surface area (Å²) in [5.41, 5.74) is 6.10. The highest BCUT2D eigenvalue weighted by molar-refractivity contribution is 9.11. The van der Waals surface area contributed by atoms with Gasteiger partial charge in [-0.2, -0.15) is 0 Å². The van der Waals surface area contributed by atoms with Crippen LogP contribution in [0.25, 0.3) is 0 Å². The smallest absolute Gasteiger partial charge is 0.239 e. The Morgan fingerprint density at radius 3 is 2.84 bits per heavy atom. The topological polar surface area (TPSA) is 55.6 Å². The average molecular weight is 347 g/mol. The summed E-state index contributed by atoms with van der Waals surface area (Å²) in [5, 5.41) is 0. The van der Waals surface area contributed by atoms with Gasteiger partial charge in [-0.3, -0.25) is 4.79 Å². The van der Waals surface area contributed by atoms with Crippen LogP contribution in [0.1, 0.15) is 17.7 Å². The SMILES string of the molecule is CN(Cc1ccc(Br)s1)C(=O)C(N)C1CCOCC1. The Morgan fingerprint density at radius 1 is 1.58 bits per heavy atom. The molecule has 2 heterocycles. The van der Waals surface area contributed by atoms with Crippen molar-refractivity contribution < 1.29 is 9.53 Å². The third kappa shape index (κ3) is 4.02. The Bertz CT molecular complexity index is 432. The Balaban J connectivity index is 1.90. The van der Waals surface area contributed by atoms with E-state index in [0.717, 1.165) is 21.5 Å². The molecular formula is C13H19BrN2O2S. The van der Waals surface area contributed by atoms with E-state index in [0.29, 0.717) is 19.8 Å². The van der Waals surface area contributed by atoms with Gasteiger partial charge in [0.05, 0.1) is 16.4 Å². The molecule has 2 N–H and O–H groups in total. The Morgan fingerprint density at radius 2 is 2.26 bits per heavy atom. The first-order valence-corrected chi connectivity index (χ1v) is 8.01. The summed E-state index contributed by atoms with van der Waals surface area (Å²) >= 11 is 5.07. The van der Waals surface area contributed by atoms with Crippen LogP contribution < -0.4 is 5.73 Å². The molecule has 1 atom stereocenters. The number of hydrogen-bond donors (Lipinski definition) is 1. The van der Waals surface area contributed by atoms with Crippen LogP contribution in [0.15, 0.2) is 15.9 Å². The summed E-state index contributed by atoms with van der Waals surface area (Å²) in [7, 11) is 1.81. The van der Waals surface area contributed by atoms with E-state index in [1.807, 2.05) is 19.2 Å². The molecule has 1 aliphatic rings. The largest absolute Gasteiger partial charge is 0.381 e. The van der Waals surface area contributed by atoms with Gasteiger partial charge < -0.3 is 15.4 Å². The van der Waals surface area contributed by atoms with Crippen molar-refractivity contribution in [1.82, 2.24) is 4.90 Å². The summed E-state index contributed by atoms with van der Waals surface area (Å²) in [6, 6.07) is 3.62. The molecule has 0 aromatic carbocycles. The molecule has 6 heteroatoms. The van der Waals surface area contributed by atoms with Gasteiger partial charge in [-0.1, -0.05) is 0 Å². The van der Waals surface area contributed by atoms with Gasteiger partial charge in [0.15, 0.2) is 0 Å². The van der Waals surface area contributed by atoms with Crippen molar-refractivity contribution in [3.63, 3.8) is 0 Å². The maximum atomic E-state index is 12.3. The van der Waals surface area contributed by atoms with E-state index in [-0.39, 0.29) is 11.8 Å². The lowest BCUT2D eigenvalue weighted by atomic mass is 9.91. The molecule has 1 fully saturated rings. The van der Waals surface area contributed by atoms with Gasteiger partial charge in [0.25, 0.3) is 0 Å². The van der Waals surface area contributed by atoms with Crippen molar-refractivity contribution in [2.24, 2.45) is 11.7 Å². The molecule has 1 unspecified atom stereocenters. The second-order valence-electron chi connectivity index (χ2n) is 4.88. The molecule has 1 aromatic heterocycles. The van der Waals surface area contributed by atoms with Gasteiger partial charge in [0, 0.05) is 25.1 Å². The summed E-state index contributed by atoms with van der Waals surface area (Å²) in [5.74, 6) is 0.273. The minimum Gasteiger partial charge on any atom is -0.381 e. The van der Waals surface area contributed by atoms with E-state index in [1.165, 1.54) is 0 Å². The maximum absolute atomic E-state index is 12.3.